The maximum Gasteiger partial charge on any atom is 0.289 e. The summed E-state index contributed by atoms with van der Waals surface area (Å²) >= 11 is 7.41. The van der Waals surface area contributed by atoms with Crippen LogP contribution in [0.5, 0.6) is 0 Å². The van der Waals surface area contributed by atoms with Crippen molar-refractivity contribution in [1.82, 2.24) is 4.31 Å². The molecule has 9 nitrogen and oxygen atoms in total. The summed E-state index contributed by atoms with van der Waals surface area (Å²) in [7, 11) is -6.71. The minimum absolute atomic E-state index is 0.102. The number of allylic oxidation sites excluding steroid dienone is 1. The monoisotopic (exact) mass is 626 g/mol. The van der Waals surface area contributed by atoms with E-state index in [0.717, 1.165) is 4.41 Å². The molecule has 1 saturated heterocycles. The number of halogens is 1. The molecule has 0 amide bonds. The number of anilines is 2. The molecule has 0 aliphatic carbocycles. The third-order valence-corrected chi connectivity index (χ3v) is 11.5. The van der Waals surface area contributed by atoms with Gasteiger partial charge in [-0.2, -0.15) is 17.9 Å². The maximum atomic E-state index is 13.6. The number of thioether (sulfide) groups is 1. The lowest BCUT2D eigenvalue weighted by Crippen LogP contribution is -2.40. The zero-order valence-corrected chi connectivity index (χ0v) is 26.0. The molecule has 1 N–H and O–H groups in total. The van der Waals surface area contributed by atoms with Crippen LogP contribution in [0.15, 0.2) is 62.8 Å². The molecule has 1 aliphatic rings. The smallest absolute Gasteiger partial charge is 0.289 e. The quantitative estimate of drug-likeness (QED) is 0.143. The number of sulfonamides is 1. The number of carbonyl (C=O) groups is 1. The van der Waals surface area contributed by atoms with Crippen LogP contribution in [0.2, 0.25) is 5.02 Å². The highest BCUT2D eigenvalue weighted by molar-refractivity contribution is 8.19. The molecule has 1 fully saturated rings. The molecule has 3 rings (SSSR count). The molecular weight excluding hydrogens is 592 g/mol. The van der Waals surface area contributed by atoms with Gasteiger partial charge in [-0.3, -0.25) is 4.79 Å². The van der Waals surface area contributed by atoms with Gasteiger partial charge in [0.15, 0.2) is 5.78 Å². The highest BCUT2D eigenvalue weighted by Crippen LogP contribution is 2.33. The van der Waals surface area contributed by atoms with Crippen molar-refractivity contribution in [2.45, 2.75) is 32.1 Å². The summed E-state index contributed by atoms with van der Waals surface area (Å²) in [5, 5.41) is 7.47. The highest BCUT2D eigenvalue weighted by Gasteiger charge is 2.30. The lowest BCUT2D eigenvalue weighted by Gasteiger charge is -2.29. The minimum atomic E-state index is -4.07. The van der Waals surface area contributed by atoms with Crippen molar-refractivity contribution in [2.75, 3.05) is 48.3 Å². The molecule has 0 radical (unpaired) electrons. The third-order valence-electron chi connectivity index (χ3n) is 5.89. The number of hydrogen-bond acceptors (Lipinski definition) is 8. The summed E-state index contributed by atoms with van der Waals surface area (Å²) in [4.78, 5) is 14.0. The van der Waals surface area contributed by atoms with Gasteiger partial charge in [0.05, 0.1) is 35.2 Å². The molecule has 0 aromatic heterocycles. The molecule has 0 spiro atoms. The number of nitrogens with zero attached hydrogens (tertiary/aromatic N) is 3. The zero-order valence-electron chi connectivity index (χ0n) is 22.8. The molecule has 2 aromatic rings. The Balaban J connectivity index is 1.85. The normalized spacial score (nSPS) is 16.6. The number of hydrazone groups is 1. The molecule has 13 heteroatoms. The number of carbonyl (C=O) groups excluding carboxylic acids is 1. The first-order chi connectivity index (χ1) is 19.1. The van der Waals surface area contributed by atoms with Crippen LogP contribution in [0.1, 0.15) is 37.6 Å². The Hall–Kier alpha value is -2.35. The third kappa shape index (κ3) is 7.68. The number of rotatable bonds is 13. The predicted molar refractivity (Wildman–Crippen MR) is 169 cm³/mol. The van der Waals surface area contributed by atoms with E-state index in [1.807, 2.05) is 18.2 Å². The molecule has 1 unspecified atom stereocenters. The van der Waals surface area contributed by atoms with Gasteiger partial charge < -0.3 is 10.1 Å². The van der Waals surface area contributed by atoms with E-state index in [4.69, 9.17) is 16.3 Å². The van der Waals surface area contributed by atoms with Crippen molar-refractivity contribution in [1.29, 1.82) is 0 Å². The van der Waals surface area contributed by atoms with Gasteiger partial charge in [0.2, 0.25) is 0 Å². The average Bonchev–Trinajstić information content (AvgIpc) is 2.95. The van der Waals surface area contributed by atoms with E-state index in [1.165, 1.54) is 36.2 Å². The van der Waals surface area contributed by atoms with Gasteiger partial charge in [-0.25, -0.2) is 8.51 Å². The Labute approximate surface area is 246 Å². The van der Waals surface area contributed by atoms with Gasteiger partial charge in [0, 0.05) is 40.5 Å². The zero-order chi connectivity index (χ0) is 29.3. The first-order valence-corrected chi connectivity index (χ1v) is 17.3. The summed E-state index contributed by atoms with van der Waals surface area (Å²) in [5.74, 6) is 4.12. The van der Waals surface area contributed by atoms with Crippen molar-refractivity contribution in [3.05, 3.63) is 63.4 Å². The van der Waals surface area contributed by atoms with E-state index in [-0.39, 0.29) is 32.8 Å². The molecule has 2 aromatic carbocycles. The number of morpholine rings is 1. The van der Waals surface area contributed by atoms with Crippen LogP contribution in [0, 0.1) is 0 Å². The number of hydrogen-bond donors (Lipinski definition) is 1. The molecular formula is C27H35ClN4O5S3. The van der Waals surface area contributed by atoms with Gasteiger partial charge in [-0.1, -0.05) is 31.5 Å². The van der Waals surface area contributed by atoms with E-state index in [2.05, 4.69) is 16.3 Å². The fourth-order valence-corrected chi connectivity index (χ4v) is 8.63. The molecule has 1 heterocycles. The van der Waals surface area contributed by atoms with Crippen LogP contribution in [0.4, 0.5) is 11.4 Å². The SMILES string of the molecule is C=S(=O)(c1ccc(NCC(=O)c2cc(Cl)ccc2N(/N=C/C)S(=O)(=O)/C(=C/CC)SCC)cc1)N1CCOCC1. The molecule has 0 saturated carbocycles. The first kappa shape index (κ1) is 32.2. The van der Waals surface area contributed by atoms with Crippen LogP contribution < -0.4 is 9.73 Å². The van der Waals surface area contributed by atoms with E-state index in [9.17, 15) is 17.4 Å². The molecule has 1 aliphatic heterocycles. The lowest BCUT2D eigenvalue weighted by atomic mass is 10.1. The fourth-order valence-electron chi connectivity index (χ4n) is 3.94. The van der Waals surface area contributed by atoms with Crippen LogP contribution in [-0.2, 0) is 24.5 Å². The van der Waals surface area contributed by atoms with Gasteiger partial charge in [0.25, 0.3) is 10.0 Å². The second-order valence-electron chi connectivity index (χ2n) is 8.63. The van der Waals surface area contributed by atoms with Crippen LogP contribution in [-0.4, -0.2) is 73.4 Å². The second-order valence-corrected chi connectivity index (χ2v) is 14.6. The van der Waals surface area contributed by atoms with E-state index in [1.54, 1.807) is 37.3 Å². The maximum absolute atomic E-state index is 13.6. The van der Waals surface area contributed by atoms with Gasteiger partial charge in [-0.05, 0) is 67.4 Å². The van der Waals surface area contributed by atoms with Crippen LogP contribution in [0.3, 0.4) is 0 Å². The fraction of sp³-hybridized carbons (Fsp3) is 0.370. The molecule has 218 valence electrons. The number of ketones is 1. The summed E-state index contributed by atoms with van der Waals surface area (Å²) in [6.45, 7) is 7.29. The van der Waals surface area contributed by atoms with E-state index in [0.29, 0.717) is 49.1 Å². The Morgan fingerprint density at radius 1 is 1.18 bits per heavy atom. The van der Waals surface area contributed by atoms with Gasteiger partial charge in [-0.15, -0.1) is 11.8 Å². The Bertz CT molecular complexity index is 1450. The van der Waals surface area contributed by atoms with Crippen molar-refractivity contribution >= 4 is 72.3 Å². The summed E-state index contributed by atoms with van der Waals surface area (Å²) < 4.78 is 48.7. The number of nitrogens with one attached hydrogen (secondary N) is 1. The number of ether oxygens (including phenoxy) is 1. The van der Waals surface area contributed by atoms with Gasteiger partial charge in [0.1, 0.15) is 4.24 Å². The minimum Gasteiger partial charge on any atom is -0.379 e. The van der Waals surface area contributed by atoms with Crippen molar-refractivity contribution in [3.8, 4) is 0 Å². The topological polar surface area (TPSA) is 108 Å². The first-order valence-electron chi connectivity index (χ1n) is 12.8. The second kappa shape index (κ2) is 14.5. The Morgan fingerprint density at radius 2 is 1.85 bits per heavy atom. The van der Waals surface area contributed by atoms with Crippen molar-refractivity contribution < 1.29 is 22.2 Å². The molecule has 0 bridgehead atoms. The Kier molecular flexibility index (Phi) is 11.7. The highest BCUT2D eigenvalue weighted by atomic mass is 35.5. The summed E-state index contributed by atoms with van der Waals surface area (Å²) in [6, 6.07) is 11.3. The molecule has 1 atom stereocenters. The number of benzene rings is 2. The van der Waals surface area contributed by atoms with E-state index >= 15 is 0 Å². The van der Waals surface area contributed by atoms with Gasteiger partial charge >= 0.3 is 0 Å². The summed E-state index contributed by atoms with van der Waals surface area (Å²) in [5.41, 5.74) is 0.836. The molecule has 40 heavy (non-hydrogen) atoms. The van der Waals surface area contributed by atoms with E-state index < -0.39 is 19.7 Å². The van der Waals surface area contributed by atoms with Crippen molar-refractivity contribution in [2.24, 2.45) is 5.10 Å². The Morgan fingerprint density at radius 3 is 2.45 bits per heavy atom. The number of Topliss-reactive ketones (excluding diaryl/α,β-unsaturated/α-hetero) is 1. The summed E-state index contributed by atoms with van der Waals surface area (Å²) in [6.07, 6.45) is 3.52. The predicted octanol–water partition coefficient (Wildman–Crippen LogP) is 5.10. The lowest BCUT2D eigenvalue weighted by molar-refractivity contribution is 0.0749. The van der Waals surface area contributed by atoms with Crippen LogP contribution >= 0.6 is 23.4 Å². The standard InChI is InChI=1S/C27H35ClN4O5S3/c1-5-8-27(38-7-3)40(35,36)32(30-6-2)25-14-9-21(28)19-24(25)26(33)20-29-22-10-12-23(13-11-22)39(4,34)31-15-17-37-18-16-31/h6,8-14,19,29H,4-5,7,15-18,20H2,1-3H3/b27-8+,30-6+. The average molecular weight is 627 g/mol. The van der Waals surface area contributed by atoms with Crippen molar-refractivity contribution in [3.63, 3.8) is 0 Å². The van der Waals surface area contributed by atoms with Crippen LogP contribution in [0.25, 0.3) is 0 Å². The largest absolute Gasteiger partial charge is 0.379 e.